The van der Waals surface area contributed by atoms with E-state index in [9.17, 15) is 18.0 Å². The van der Waals surface area contributed by atoms with Crippen LogP contribution in [0.15, 0.2) is 23.1 Å². The van der Waals surface area contributed by atoms with Crippen molar-refractivity contribution in [3.05, 3.63) is 23.8 Å². The lowest BCUT2D eigenvalue weighted by Gasteiger charge is -2.12. The summed E-state index contributed by atoms with van der Waals surface area (Å²) in [5.41, 5.74) is -0.0109. The summed E-state index contributed by atoms with van der Waals surface area (Å²) >= 11 is 0. The lowest BCUT2D eigenvalue weighted by Crippen LogP contribution is -2.35. The summed E-state index contributed by atoms with van der Waals surface area (Å²) in [6.07, 6.45) is 0. The van der Waals surface area contributed by atoms with Gasteiger partial charge in [-0.2, -0.15) is 0 Å². The minimum Gasteiger partial charge on any atom is -0.497 e. The zero-order chi connectivity index (χ0) is 14.2. The van der Waals surface area contributed by atoms with Crippen LogP contribution in [0.25, 0.3) is 0 Å². The van der Waals surface area contributed by atoms with Crippen LogP contribution in [0.3, 0.4) is 0 Å². The Morgan fingerprint density at radius 1 is 1.32 bits per heavy atom. The van der Waals surface area contributed by atoms with Gasteiger partial charge in [0, 0.05) is 0 Å². The topological polar surface area (TPSA) is 90.0 Å². The molecule has 1 amide bonds. The van der Waals surface area contributed by atoms with Crippen molar-refractivity contribution in [2.45, 2.75) is 4.90 Å². The second kappa shape index (κ2) is 4.54. The first-order valence-electron chi connectivity index (χ1n) is 5.23. The molecular formula is C11H11NO6S. The molecule has 2 rings (SSSR count). The molecule has 0 saturated carbocycles. The van der Waals surface area contributed by atoms with Crippen LogP contribution in [0.5, 0.6) is 5.75 Å². The highest BCUT2D eigenvalue weighted by molar-refractivity contribution is 7.90. The molecule has 1 heterocycles. The Bertz CT molecular complexity index is 651. The van der Waals surface area contributed by atoms with Crippen LogP contribution in [0.1, 0.15) is 10.4 Å². The maximum atomic E-state index is 12.1. The summed E-state index contributed by atoms with van der Waals surface area (Å²) in [5.74, 6) is -1.21. The Hall–Kier alpha value is -2.09. The fraction of sp³-hybridized carbons (Fsp3) is 0.273. The van der Waals surface area contributed by atoms with Gasteiger partial charge in [-0.05, 0) is 18.2 Å². The van der Waals surface area contributed by atoms with Gasteiger partial charge in [0.05, 0.1) is 19.8 Å². The van der Waals surface area contributed by atoms with E-state index in [1.165, 1.54) is 25.3 Å². The monoisotopic (exact) mass is 285 g/mol. The van der Waals surface area contributed by atoms with E-state index >= 15 is 0 Å². The molecule has 19 heavy (non-hydrogen) atoms. The molecule has 7 nitrogen and oxygen atoms in total. The Morgan fingerprint density at radius 3 is 2.58 bits per heavy atom. The smallest absolute Gasteiger partial charge is 0.326 e. The van der Waals surface area contributed by atoms with E-state index in [1.54, 1.807) is 0 Å². The summed E-state index contributed by atoms with van der Waals surface area (Å²) in [4.78, 5) is 23.0. The van der Waals surface area contributed by atoms with Gasteiger partial charge in [0.25, 0.3) is 15.9 Å². The zero-order valence-corrected chi connectivity index (χ0v) is 11.1. The van der Waals surface area contributed by atoms with Crippen molar-refractivity contribution >= 4 is 21.9 Å². The first kappa shape index (κ1) is 13.3. The normalized spacial score (nSPS) is 16.1. The molecular weight excluding hydrogens is 274 g/mol. The number of esters is 1. The standard InChI is InChI=1S/C11H11NO6S/c1-17-7-3-4-9-8(5-7)11(14)12(19(9,15)16)6-10(13)18-2/h3-5H,6H2,1-2H3. The molecule has 0 aliphatic carbocycles. The molecule has 0 atom stereocenters. The molecule has 102 valence electrons. The third kappa shape index (κ3) is 2.03. The van der Waals surface area contributed by atoms with Gasteiger partial charge >= 0.3 is 5.97 Å². The molecule has 8 heteroatoms. The molecule has 0 N–H and O–H groups in total. The van der Waals surface area contributed by atoms with Crippen molar-refractivity contribution in [3.8, 4) is 5.75 Å². The second-order valence-electron chi connectivity index (χ2n) is 3.76. The van der Waals surface area contributed by atoms with Gasteiger partial charge in [0.2, 0.25) is 0 Å². The molecule has 0 spiro atoms. The van der Waals surface area contributed by atoms with Gasteiger partial charge in [-0.25, -0.2) is 12.7 Å². The third-order valence-electron chi connectivity index (χ3n) is 2.71. The fourth-order valence-electron chi connectivity index (χ4n) is 1.73. The van der Waals surface area contributed by atoms with E-state index < -0.39 is 28.4 Å². The predicted molar refractivity (Wildman–Crippen MR) is 63.2 cm³/mol. The van der Waals surface area contributed by atoms with E-state index in [1.807, 2.05) is 0 Å². The van der Waals surface area contributed by atoms with Gasteiger partial charge in [-0.1, -0.05) is 0 Å². The Kier molecular flexibility index (Phi) is 3.19. The summed E-state index contributed by atoms with van der Waals surface area (Å²) in [7, 11) is -1.48. The van der Waals surface area contributed by atoms with E-state index in [-0.39, 0.29) is 10.5 Å². The molecule has 0 unspecified atom stereocenters. The van der Waals surface area contributed by atoms with Crippen LogP contribution in [-0.4, -0.2) is 45.4 Å². The van der Waals surface area contributed by atoms with Crippen LogP contribution < -0.4 is 4.74 Å². The van der Waals surface area contributed by atoms with Crippen LogP contribution >= 0.6 is 0 Å². The van der Waals surface area contributed by atoms with E-state index in [4.69, 9.17) is 4.74 Å². The van der Waals surface area contributed by atoms with Crippen LogP contribution in [0.4, 0.5) is 0 Å². The van der Waals surface area contributed by atoms with Crippen molar-refractivity contribution in [3.63, 3.8) is 0 Å². The summed E-state index contributed by atoms with van der Waals surface area (Å²) < 4.78 is 34.0. The van der Waals surface area contributed by atoms with Crippen molar-refractivity contribution < 1.29 is 27.5 Å². The largest absolute Gasteiger partial charge is 0.497 e. The van der Waals surface area contributed by atoms with E-state index in [2.05, 4.69) is 4.74 Å². The number of sulfonamides is 1. The summed E-state index contributed by atoms with van der Waals surface area (Å²) in [5, 5.41) is 0. The average molecular weight is 285 g/mol. The number of carbonyl (C=O) groups excluding carboxylic acids is 2. The third-order valence-corrected chi connectivity index (χ3v) is 4.50. The average Bonchev–Trinajstić information content (AvgIpc) is 2.59. The van der Waals surface area contributed by atoms with Gasteiger partial charge in [0.15, 0.2) is 0 Å². The minimum atomic E-state index is -4.00. The van der Waals surface area contributed by atoms with Crippen molar-refractivity contribution in [1.29, 1.82) is 0 Å². The number of carbonyl (C=O) groups is 2. The van der Waals surface area contributed by atoms with Gasteiger partial charge in [0.1, 0.15) is 17.2 Å². The minimum absolute atomic E-state index is 0.0109. The molecule has 0 radical (unpaired) electrons. The molecule has 0 saturated heterocycles. The van der Waals surface area contributed by atoms with Gasteiger partial charge in [-0.3, -0.25) is 9.59 Å². The Balaban J connectivity index is 2.49. The van der Waals surface area contributed by atoms with Crippen molar-refractivity contribution in [2.75, 3.05) is 20.8 Å². The van der Waals surface area contributed by atoms with Gasteiger partial charge in [-0.15, -0.1) is 0 Å². The number of amides is 1. The quantitative estimate of drug-likeness (QED) is 0.727. The molecule has 1 aromatic carbocycles. The SMILES string of the molecule is COC(=O)CN1C(=O)c2cc(OC)ccc2S1(=O)=O. The van der Waals surface area contributed by atoms with Crippen LogP contribution in [-0.2, 0) is 19.6 Å². The van der Waals surface area contributed by atoms with Crippen molar-refractivity contribution in [1.82, 2.24) is 4.31 Å². The number of benzene rings is 1. The van der Waals surface area contributed by atoms with Crippen LogP contribution in [0, 0.1) is 0 Å². The van der Waals surface area contributed by atoms with E-state index in [0.29, 0.717) is 10.1 Å². The molecule has 0 aromatic heterocycles. The molecule has 0 bridgehead atoms. The summed E-state index contributed by atoms with van der Waals surface area (Å²) in [6.45, 7) is -0.644. The first-order valence-corrected chi connectivity index (χ1v) is 6.67. The zero-order valence-electron chi connectivity index (χ0n) is 10.2. The number of hydrogen-bond donors (Lipinski definition) is 0. The highest BCUT2D eigenvalue weighted by atomic mass is 32.2. The highest BCUT2D eigenvalue weighted by Crippen LogP contribution is 2.32. The number of fused-ring (bicyclic) bond motifs is 1. The number of hydrogen-bond acceptors (Lipinski definition) is 6. The maximum absolute atomic E-state index is 12.1. The predicted octanol–water partition coefficient (Wildman–Crippen LogP) is 0.0127. The van der Waals surface area contributed by atoms with Crippen LogP contribution in [0.2, 0.25) is 0 Å². The summed E-state index contributed by atoms with van der Waals surface area (Å²) in [6, 6.07) is 4.04. The Morgan fingerprint density at radius 2 is 2.00 bits per heavy atom. The lowest BCUT2D eigenvalue weighted by atomic mass is 10.2. The molecule has 1 aliphatic rings. The molecule has 1 aromatic rings. The number of rotatable bonds is 3. The molecule has 1 aliphatic heterocycles. The highest BCUT2D eigenvalue weighted by Gasteiger charge is 2.42. The lowest BCUT2D eigenvalue weighted by molar-refractivity contribution is -0.140. The number of ether oxygens (including phenoxy) is 2. The van der Waals surface area contributed by atoms with E-state index in [0.717, 1.165) is 7.11 Å². The Labute approximate surface area is 109 Å². The first-order chi connectivity index (χ1) is 8.91. The second-order valence-corrected chi connectivity index (χ2v) is 5.59. The van der Waals surface area contributed by atoms with Crippen molar-refractivity contribution in [2.24, 2.45) is 0 Å². The fourth-order valence-corrected chi connectivity index (χ4v) is 3.22. The number of nitrogens with zero attached hydrogens (tertiary/aromatic N) is 1. The molecule has 0 fully saturated rings. The maximum Gasteiger partial charge on any atom is 0.326 e. The van der Waals surface area contributed by atoms with Gasteiger partial charge < -0.3 is 9.47 Å². The number of methoxy groups -OCH3 is 2.